The lowest BCUT2D eigenvalue weighted by Gasteiger charge is -2.04. The van der Waals surface area contributed by atoms with Crippen LogP contribution in [0.15, 0.2) is 43.2 Å². The minimum Gasteiger partial charge on any atom is -0.465 e. The summed E-state index contributed by atoms with van der Waals surface area (Å²) in [6.07, 6.45) is 4.87. The van der Waals surface area contributed by atoms with Gasteiger partial charge >= 0.3 is 12.0 Å². The van der Waals surface area contributed by atoms with Crippen LogP contribution in [0.1, 0.15) is 15.9 Å². The molecule has 0 N–H and O–H groups in total. The van der Waals surface area contributed by atoms with Crippen molar-refractivity contribution < 1.29 is 14.3 Å². The fourth-order valence-electron chi connectivity index (χ4n) is 1.37. The lowest BCUT2D eigenvalue weighted by molar-refractivity contribution is 0.0600. The molecule has 2 aromatic rings. The van der Waals surface area contributed by atoms with E-state index in [0.29, 0.717) is 11.3 Å². The van der Waals surface area contributed by atoms with Crippen molar-refractivity contribution >= 4 is 12.0 Å². The van der Waals surface area contributed by atoms with E-state index < -0.39 is 5.97 Å². The first-order chi connectivity index (χ1) is 9.22. The highest BCUT2D eigenvalue weighted by Gasteiger charge is 2.05. The number of carbonyl (C=O) groups excluding carboxylic acids is 1. The third kappa shape index (κ3) is 3.16. The molecule has 0 saturated heterocycles. The van der Waals surface area contributed by atoms with Crippen LogP contribution < -0.4 is 4.74 Å². The third-order valence-corrected chi connectivity index (χ3v) is 2.37. The maximum absolute atomic E-state index is 11.3. The monoisotopic (exact) mass is 256 g/mol. The Bertz CT molecular complexity index is 577. The molecule has 0 saturated carbocycles. The summed E-state index contributed by atoms with van der Waals surface area (Å²) in [7, 11) is 1.34. The van der Waals surface area contributed by atoms with Gasteiger partial charge < -0.3 is 9.47 Å². The van der Waals surface area contributed by atoms with E-state index in [1.165, 1.54) is 7.11 Å². The molecule has 0 bridgehead atoms. The summed E-state index contributed by atoms with van der Waals surface area (Å²) in [5, 5.41) is 0. The van der Waals surface area contributed by atoms with Gasteiger partial charge in [0.15, 0.2) is 0 Å². The normalized spacial score (nSPS) is 9.74. The Balaban J connectivity index is 2.10. The van der Waals surface area contributed by atoms with Crippen molar-refractivity contribution in [2.45, 2.75) is 0 Å². The molecule has 19 heavy (non-hydrogen) atoms. The molecule has 1 aromatic carbocycles. The molecule has 0 amide bonds. The summed E-state index contributed by atoms with van der Waals surface area (Å²) in [5.74, 6) is 0.150. The third-order valence-electron chi connectivity index (χ3n) is 2.37. The summed E-state index contributed by atoms with van der Waals surface area (Å²) >= 11 is 0. The highest BCUT2D eigenvalue weighted by atomic mass is 16.5. The second kappa shape index (κ2) is 5.77. The van der Waals surface area contributed by atoms with Crippen LogP contribution in [0.4, 0.5) is 0 Å². The summed E-state index contributed by atoms with van der Waals surface area (Å²) in [4.78, 5) is 19.3. The van der Waals surface area contributed by atoms with Crippen molar-refractivity contribution in [1.29, 1.82) is 0 Å². The highest BCUT2D eigenvalue weighted by molar-refractivity contribution is 5.89. The predicted molar refractivity (Wildman–Crippen MR) is 70.0 cm³/mol. The molecule has 0 aliphatic rings. The fourth-order valence-corrected chi connectivity index (χ4v) is 1.37. The first-order valence-corrected chi connectivity index (χ1v) is 5.53. The smallest absolute Gasteiger partial charge is 0.337 e. The number of hydrogen-bond acceptors (Lipinski definition) is 5. The van der Waals surface area contributed by atoms with Gasteiger partial charge in [0.25, 0.3) is 0 Å². The van der Waals surface area contributed by atoms with Crippen molar-refractivity contribution in [3.05, 3.63) is 54.4 Å². The van der Waals surface area contributed by atoms with Crippen LogP contribution >= 0.6 is 0 Å². The molecule has 5 nitrogen and oxygen atoms in total. The number of ether oxygens (including phenoxy) is 2. The van der Waals surface area contributed by atoms with E-state index in [-0.39, 0.29) is 6.01 Å². The van der Waals surface area contributed by atoms with Crippen molar-refractivity contribution in [2.24, 2.45) is 0 Å². The molecule has 0 unspecified atom stereocenters. The quantitative estimate of drug-likeness (QED) is 0.787. The fraction of sp³-hybridized carbons (Fsp3) is 0.0714. The molecule has 0 spiro atoms. The maximum Gasteiger partial charge on any atom is 0.337 e. The van der Waals surface area contributed by atoms with Gasteiger partial charge in [0, 0.05) is 18.0 Å². The molecule has 1 aromatic heterocycles. The standard InChI is InChI=1S/C14H12N2O3/c1-3-10-8-15-14(16-9-10)19-12-6-4-11(5-7-12)13(17)18-2/h3-9H,1H2,2H3. The van der Waals surface area contributed by atoms with Gasteiger partial charge in [0.05, 0.1) is 12.7 Å². The Labute approximate surface area is 110 Å². The van der Waals surface area contributed by atoms with E-state index in [4.69, 9.17) is 4.74 Å². The van der Waals surface area contributed by atoms with Crippen molar-refractivity contribution in [2.75, 3.05) is 7.11 Å². The summed E-state index contributed by atoms with van der Waals surface area (Å²) in [5.41, 5.74) is 1.27. The molecule has 1 heterocycles. The maximum atomic E-state index is 11.3. The average Bonchev–Trinajstić information content (AvgIpc) is 2.48. The van der Waals surface area contributed by atoms with Crippen LogP contribution in [0.5, 0.6) is 11.8 Å². The molecule has 5 heteroatoms. The largest absolute Gasteiger partial charge is 0.465 e. The molecule has 2 rings (SSSR count). The number of esters is 1. The van der Waals surface area contributed by atoms with Gasteiger partial charge in [0.1, 0.15) is 5.75 Å². The number of rotatable bonds is 4. The van der Waals surface area contributed by atoms with Crippen LogP contribution in [-0.4, -0.2) is 23.0 Å². The Hall–Kier alpha value is -2.69. The van der Waals surface area contributed by atoms with Crippen LogP contribution in [0.25, 0.3) is 6.08 Å². The Morgan fingerprint density at radius 2 is 1.84 bits per heavy atom. The molecule has 96 valence electrons. The summed E-state index contributed by atoms with van der Waals surface area (Å²) in [6.45, 7) is 3.61. The predicted octanol–water partition coefficient (Wildman–Crippen LogP) is 2.70. The van der Waals surface area contributed by atoms with Gasteiger partial charge in [-0.05, 0) is 24.3 Å². The van der Waals surface area contributed by atoms with Gasteiger partial charge in [-0.2, -0.15) is 0 Å². The summed E-state index contributed by atoms with van der Waals surface area (Å²) in [6, 6.07) is 6.75. The van der Waals surface area contributed by atoms with Crippen molar-refractivity contribution in [3.8, 4) is 11.8 Å². The molecule has 0 radical (unpaired) electrons. The zero-order chi connectivity index (χ0) is 13.7. The van der Waals surface area contributed by atoms with Gasteiger partial charge in [-0.25, -0.2) is 14.8 Å². The van der Waals surface area contributed by atoms with Crippen molar-refractivity contribution in [3.63, 3.8) is 0 Å². The van der Waals surface area contributed by atoms with E-state index in [1.54, 1.807) is 42.7 Å². The average molecular weight is 256 g/mol. The zero-order valence-electron chi connectivity index (χ0n) is 10.4. The number of benzene rings is 1. The van der Waals surface area contributed by atoms with Crippen LogP contribution in [0.3, 0.4) is 0 Å². The number of methoxy groups -OCH3 is 1. The lowest BCUT2D eigenvalue weighted by atomic mass is 10.2. The van der Waals surface area contributed by atoms with E-state index >= 15 is 0 Å². The Kier molecular flexibility index (Phi) is 3.87. The topological polar surface area (TPSA) is 61.3 Å². The molecule has 0 aliphatic carbocycles. The second-order valence-electron chi connectivity index (χ2n) is 3.62. The van der Waals surface area contributed by atoms with Gasteiger partial charge in [-0.1, -0.05) is 12.7 Å². The van der Waals surface area contributed by atoms with Gasteiger partial charge in [-0.15, -0.1) is 0 Å². The van der Waals surface area contributed by atoms with Crippen LogP contribution in [-0.2, 0) is 4.74 Å². The first kappa shape index (κ1) is 12.8. The van der Waals surface area contributed by atoms with E-state index in [2.05, 4.69) is 21.3 Å². The molecule has 0 fully saturated rings. The van der Waals surface area contributed by atoms with Gasteiger partial charge in [-0.3, -0.25) is 0 Å². The van der Waals surface area contributed by atoms with Crippen molar-refractivity contribution in [1.82, 2.24) is 9.97 Å². The number of aromatic nitrogens is 2. The first-order valence-electron chi connectivity index (χ1n) is 5.53. The van der Waals surface area contributed by atoms with Crippen LogP contribution in [0.2, 0.25) is 0 Å². The number of nitrogens with zero attached hydrogens (tertiary/aromatic N) is 2. The minimum absolute atomic E-state index is 0.233. The van der Waals surface area contributed by atoms with E-state index in [9.17, 15) is 4.79 Å². The number of hydrogen-bond donors (Lipinski definition) is 0. The Morgan fingerprint density at radius 3 is 2.37 bits per heavy atom. The molecular formula is C14H12N2O3. The van der Waals surface area contributed by atoms with Crippen LogP contribution in [0, 0.1) is 0 Å². The SMILES string of the molecule is C=Cc1cnc(Oc2ccc(C(=O)OC)cc2)nc1. The molecule has 0 aliphatic heterocycles. The number of carbonyl (C=O) groups is 1. The summed E-state index contributed by atoms with van der Waals surface area (Å²) < 4.78 is 10.0. The van der Waals surface area contributed by atoms with E-state index in [0.717, 1.165) is 5.56 Å². The Morgan fingerprint density at radius 1 is 1.21 bits per heavy atom. The minimum atomic E-state index is -0.391. The second-order valence-corrected chi connectivity index (χ2v) is 3.62. The van der Waals surface area contributed by atoms with E-state index in [1.807, 2.05) is 0 Å². The lowest BCUT2D eigenvalue weighted by Crippen LogP contribution is -2.00. The zero-order valence-corrected chi connectivity index (χ0v) is 10.4. The molecule has 0 atom stereocenters. The van der Waals surface area contributed by atoms with Gasteiger partial charge in [0.2, 0.25) is 0 Å². The molecular weight excluding hydrogens is 244 g/mol. The highest BCUT2D eigenvalue weighted by Crippen LogP contribution is 2.18.